The fourth-order valence-corrected chi connectivity index (χ4v) is 1.08. The molecule has 1 aromatic rings. The fraction of sp³-hybridized carbons (Fsp3) is 0.333. The second-order valence-corrected chi connectivity index (χ2v) is 2.83. The molecule has 1 rings (SSSR count). The van der Waals surface area contributed by atoms with Crippen molar-refractivity contribution in [2.45, 2.75) is 6.42 Å². The molecule has 0 aromatic heterocycles. The highest BCUT2D eigenvalue weighted by Crippen LogP contribution is 2.12. The van der Waals surface area contributed by atoms with Gasteiger partial charge >= 0.3 is 7.32 Å². The van der Waals surface area contributed by atoms with Crippen molar-refractivity contribution in [3.8, 4) is 5.75 Å². The van der Waals surface area contributed by atoms with E-state index in [1.54, 1.807) is 19.2 Å². The Balaban J connectivity index is 2.50. The van der Waals surface area contributed by atoms with Crippen molar-refractivity contribution in [2.24, 2.45) is 0 Å². The lowest BCUT2D eigenvalue weighted by molar-refractivity contribution is 0.202. The Hall–Kier alpha value is -1.04. The SMILES string of the molecule is COCCc1ccc(OB(O)O)cc1. The summed E-state index contributed by atoms with van der Waals surface area (Å²) in [7, 11) is -0.112. The van der Waals surface area contributed by atoms with Gasteiger partial charge in [-0.15, -0.1) is 0 Å². The third kappa shape index (κ3) is 3.78. The van der Waals surface area contributed by atoms with Crippen LogP contribution < -0.4 is 4.65 Å². The van der Waals surface area contributed by atoms with Gasteiger partial charge < -0.3 is 19.4 Å². The number of hydrogen-bond acceptors (Lipinski definition) is 4. The second kappa shape index (κ2) is 5.64. The van der Waals surface area contributed by atoms with Crippen molar-refractivity contribution < 1.29 is 19.4 Å². The van der Waals surface area contributed by atoms with E-state index >= 15 is 0 Å². The number of methoxy groups -OCH3 is 1. The lowest BCUT2D eigenvalue weighted by Gasteiger charge is -2.05. The Morgan fingerprint density at radius 3 is 2.36 bits per heavy atom. The van der Waals surface area contributed by atoms with E-state index in [4.69, 9.17) is 14.8 Å². The quantitative estimate of drug-likeness (QED) is 0.661. The van der Waals surface area contributed by atoms with Gasteiger partial charge in [0, 0.05) is 7.11 Å². The Kier molecular flexibility index (Phi) is 4.45. The zero-order chi connectivity index (χ0) is 10.4. The van der Waals surface area contributed by atoms with Gasteiger partial charge in [0.2, 0.25) is 0 Å². The van der Waals surface area contributed by atoms with Crippen LogP contribution in [0.3, 0.4) is 0 Å². The van der Waals surface area contributed by atoms with Gasteiger partial charge in [0.25, 0.3) is 0 Å². The van der Waals surface area contributed by atoms with Crippen LogP contribution in [0.5, 0.6) is 5.75 Å². The van der Waals surface area contributed by atoms with Crippen molar-refractivity contribution in [1.29, 1.82) is 0 Å². The van der Waals surface area contributed by atoms with Crippen LogP contribution in [0.4, 0.5) is 0 Å². The van der Waals surface area contributed by atoms with Crippen LogP contribution in [0.25, 0.3) is 0 Å². The van der Waals surface area contributed by atoms with Gasteiger partial charge in [-0.25, -0.2) is 0 Å². The van der Waals surface area contributed by atoms with Gasteiger partial charge in [-0.2, -0.15) is 0 Å². The molecule has 1 aromatic carbocycles. The number of hydrogen-bond donors (Lipinski definition) is 2. The highest BCUT2D eigenvalue weighted by atomic mass is 16.6. The van der Waals surface area contributed by atoms with E-state index in [0.29, 0.717) is 12.4 Å². The Morgan fingerprint density at radius 2 is 1.86 bits per heavy atom. The molecule has 0 fully saturated rings. The van der Waals surface area contributed by atoms with E-state index in [9.17, 15) is 0 Å². The molecule has 0 saturated carbocycles. The Bertz CT molecular complexity index is 260. The minimum Gasteiger partial charge on any atom is -0.512 e. The van der Waals surface area contributed by atoms with E-state index < -0.39 is 7.32 Å². The molecule has 0 aliphatic rings. The molecule has 0 unspecified atom stereocenters. The summed E-state index contributed by atoms with van der Waals surface area (Å²) in [5.74, 6) is 0.432. The molecule has 0 spiro atoms. The van der Waals surface area contributed by atoms with Crippen molar-refractivity contribution >= 4 is 7.32 Å². The molecule has 2 N–H and O–H groups in total. The van der Waals surface area contributed by atoms with Crippen LogP contribution in [0, 0.1) is 0 Å². The molecule has 0 bridgehead atoms. The van der Waals surface area contributed by atoms with Gasteiger partial charge in [0.1, 0.15) is 5.75 Å². The van der Waals surface area contributed by atoms with Crippen molar-refractivity contribution in [3.05, 3.63) is 29.8 Å². The van der Waals surface area contributed by atoms with Crippen LogP contribution in [0.1, 0.15) is 5.56 Å². The lowest BCUT2D eigenvalue weighted by atomic mass is 10.1. The third-order valence-corrected chi connectivity index (χ3v) is 1.76. The van der Waals surface area contributed by atoms with Gasteiger partial charge in [0.15, 0.2) is 0 Å². The van der Waals surface area contributed by atoms with E-state index in [1.807, 2.05) is 12.1 Å². The third-order valence-electron chi connectivity index (χ3n) is 1.76. The van der Waals surface area contributed by atoms with E-state index in [1.165, 1.54) is 0 Å². The number of benzene rings is 1. The van der Waals surface area contributed by atoms with Crippen LogP contribution in [-0.4, -0.2) is 31.1 Å². The molecule has 0 saturated heterocycles. The maximum absolute atomic E-state index is 8.53. The molecule has 0 amide bonds. The largest absolute Gasteiger partial charge is 0.707 e. The van der Waals surface area contributed by atoms with Crippen LogP contribution in [-0.2, 0) is 11.2 Å². The number of rotatable bonds is 5. The average Bonchev–Trinajstić information content (AvgIpc) is 2.16. The molecule has 0 aliphatic carbocycles. The molecule has 0 atom stereocenters. The number of ether oxygens (including phenoxy) is 1. The predicted molar refractivity (Wildman–Crippen MR) is 52.8 cm³/mol. The predicted octanol–water partition coefficient (Wildman–Crippen LogP) is 0.224. The zero-order valence-corrected chi connectivity index (χ0v) is 8.01. The zero-order valence-electron chi connectivity index (χ0n) is 8.01. The first-order chi connectivity index (χ1) is 6.72. The minimum atomic E-state index is -1.76. The molecule has 0 heterocycles. The van der Waals surface area contributed by atoms with Crippen molar-refractivity contribution in [1.82, 2.24) is 0 Å². The summed E-state index contributed by atoms with van der Waals surface area (Å²) in [5, 5.41) is 17.1. The van der Waals surface area contributed by atoms with Gasteiger partial charge in [-0.05, 0) is 24.1 Å². The van der Waals surface area contributed by atoms with E-state index in [-0.39, 0.29) is 0 Å². The summed E-state index contributed by atoms with van der Waals surface area (Å²) in [6.45, 7) is 0.669. The van der Waals surface area contributed by atoms with Gasteiger partial charge in [0.05, 0.1) is 6.61 Å². The molecular weight excluding hydrogens is 183 g/mol. The summed E-state index contributed by atoms with van der Waals surface area (Å²) < 4.78 is 9.58. The first kappa shape index (κ1) is 11.0. The van der Waals surface area contributed by atoms with E-state index in [0.717, 1.165) is 12.0 Å². The molecular formula is C9H13BO4. The average molecular weight is 196 g/mol. The fourth-order valence-electron chi connectivity index (χ4n) is 1.08. The second-order valence-electron chi connectivity index (χ2n) is 2.83. The molecule has 0 radical (unpaired) electrons. The maximum Gasteiger partial charge on any atom is 0.707 e. The highest BCUT2D eigenvalue weighted by molar-refractivity contribution is 6.33. The topological polar surface area (TPSA) is 58.9 Å². The normalized spacial score (nSPS) is 9.93. The monoisotopic (exact) mass is 196 g/mol. The van der Waals surface area contributed by atoms with Gasteiger partial charge in [-0.3, -0.25) is 0 Å². The molecule has 0 aliphatic heterocycles. The van der Waals surface area contributed by atoms with Crippen molar-refractivity contribution in [3.63, 3.8) is 0 Å². The first-order valence-corrected chi connectivity index (χ1v) is 4.33. The summed E-state index contributed by atoms with van der Waals surface area (Å²) in [6.07, 6.45) is 0.832. The summed E-state index contributed by atoms with van der Waals surface area (Å²) in [6, 6.07) is 7.09. The molecule has 14 heavy (non-hydrogen) atoms. The summed E-state index contributed by atoms with van der Waals surface area (Å²) in [4.78, 5) is 0. The van der Waals surface area contributed by atoms with Crippen molar-refractivity contribution in [2.75, 3.05) is 13.7 Å². The first-order valence-electron chi connectivity index (χ1n) is 4.33. The van der Waals surface area contributed by atoms with E-state index in [2.05, 4.69) is 4.65 Å². The van der Waals surface area contributed by atoms with Crippen LogP contribution in [0.15, 0.2) is 24.3 Å². The maximum atomic E-state index is 8.53. The van der Waals surface area contributed by atoms with Crippen LogP contribution in [0.2, 0.25) is 0 Å². The molecule has 76 valence electrons. The smallest absolute Gasteiger partial charge is 0.512 e. The summed E-state index contributed by atoms with van der Waals surface area (Å²) >= 11 is 0. The molecule has 4 nitrogen and oxygen atoms in total. The molecule has 5 heteroatoms. The Labute approximate surface area is 83.3 Å². The highest BCUT2D eigenvalue weighted by Gasteiger charge is 2.10. The van der Waals surface area contributed by atoms with Gasteiger partial charge in [-0.1, -0.05) is 12.1 Å². The Morgan fingerprint density at radius 1 is 1.21 bits per heavy atom. The standard InChI is InChI=1S/C9H13BO4/c1-13-7-6-8-2-4-9(5-3-8)14-10(11)12/h2-5,11-12H,6-7H2,1H3. The lowest BCUT2D eigenvalue weighted by Crippen LogP contribution is -2.20. The van der Waals surface area contributed by atoms with Crippen LogP contribution >= 0.6 is 0 Å². The minimum absolute atomic E-state index is 0.432. The summed E-state index contributed by atoms with van der Waals surface area (Å²) in [5.41, 5.74) is 1.12.